The Labute approximate surface area is 142 Å². The van der Waals surface area contributed by atoms with Gasteiger partial charge in [0.15, 0.2) is 0 Å². The molecule has 122 valence electrons. The fraction of sp³-hybridized carbons (Fsp3) is 0.238. The van der Waals surface area contributed by atoms with Crippen LogP contribution in [0.3, 0.4) is 0 Å². The van der Waals surface area contributed by atoms with Crippen molar-refractivity contribution in [1.82, 2.24) is 4.90 Å². The summed E-state index contributed by atoms with van der Waals surface area (Å²) in [5, 5.41) is 2.60. The Morgan fingerprint density at radius 1 is 0.750 bits per heavy atom. The maximum atomic E-state index is 13.0. The van der Waals surface area contributed by atoms with E-state index in [4.69, 9.17) is 0 Å². The van der Waals surface area contributed by atoms with Crippen molar-refractivity contribution in [2.24, 2.45) is 0 Å². The zero-order chi connectivity index (χ0) is 16.4. The number of nitrogens with zero attached hydrogens (tertiary/aromatic N) is 2. The molecule has 3 aromatic carbocycles. The third-order valence-electron chi connectivity index (χ3n) is 4.78. The van der Waals surface area contributed by atoms with Gasteiger partial charge in [0.05, 0.1) is 0 Å². The van der Waals surface area contributed by atoms with E-state index in [0.717, 1.165) is 38.4 Å². The fourth-order valence-corrected chi connectivity index (χ4v) is 3.41. The molecule has 2 nitrogen and oxygen atoms in total. The predicted molar refractivity (Wildman–Crippen MR) is 97.8 cm³/mol. The van der Waals surface area contributed by atoms with Gasteiger partial charge in [0.25, 0.3) is 0 Å². The molecule has 1 saturated heterocycles. The molecule has 0 amide bonds. The maximum absolute atomic E-state index is 13.0. The summed E-state index contributed by atoms with van der Waals surface area (Å²) < 4.78 is 13.0. The van der Waals surface area contributed by atoms with Gasteiger partial charge in [0.1, 0.15) is 5.82 Å². The predicted octanol–water partition coefficient (Wildman–Crippen LogP) is 4.30. The molecule has 0 aliphatic carbocycles. The first kappa shape index (κ1) is 15.2. The first-order chi connectivity index (χ1) is 11.8. The van der Waals surface area contributed by atoms with Crippen molar-refractivity contribution in [2.45, 2.75) is 6.54 Å². The second-order valence-corrected chi connectivity index (χ2v) is 6.42. The van der Waals surface area contributed by atoms with Crippen LogP contribution < -0.4 is 4.90 Å². The monoisotopic (exact) mass is 320 g/mol. The molecule has 24 heavy (non-hydrogen) atoms. The third-order valence-corrected chi connectivity index (χ3v) is 4.78. The molecule has 0 N–H and O–H groups in total. The minimum Gasteiger partial charge on any atom is -0.369 e. The van der Waals surface area contributed by atoms with Crippen molar-refractivity contribution in [3.05, 3.63) is 78.1 Å². The Kier molecular flexibility index (Phi) is 4.18. The fourth-order valence-electron chi connectivity index (χ4n) is 3.41. The average Bonchev–Trinajstić information content (AvgIpc) is 2.63. The largest absolute Gasteiger partial charge is 0.369 e. The van der Waals surface area contributed by atoms with Gasteiger partial charge in [0.2, 0.25) is 0 Å². The summed E-state index contributed by atoms with van der Waals surface area (Å²) in [5.41, 5.74) is 2.48. The van der Waals surface area contributed by atoms with E-state index < -0.39 is 0 Å². The highest BCUT2D eigenvalue weighted by Gasteiger charge is 2.17. The summed E-state index contributed by atoms with van der Waals surface area (Å²) in [4.78, 5) is 4.82. The lowest BCUT2D eigenvalue weighted by Gasteiger charge is -2.36. The first-order valence-electron chi connectivity index (χ1n) is 8.48. The zero-order valence-electron chi connectivity index (χ0n) is 13.7. The Hall–Kier alpha value is -2.39. The van der Waals surface area contributed by atoms with Gasteiger partial charge < -0.3 is 4.90 Å². The van der Waals surface area contributed by atoms with E-state index in [1.807, 2.05) is 12.1 Å². The summed E-state index contributed by atoms with van der Waals surface area (Å²) in [7, 11) is 0. The van der Waals surface area contributed by atoms with Crippen LogP contribution in [0.1, 0.15) is 5.56 Å². The van der Waals surface area contributed by atoms with E-state index in [1.165, 1.54) is 28.5 Å². The SMILES string of the molecule is Fc1ccc(N2CCN(Cc3ccc4ccccc4c3)CC2)cc1. The van der Waals surface area contributed by atoms with Crippen molar-refractivity contribution >= 4 is 16.5 Å². The smallest absolute Gasteiger partial charge is 0.123 e. The number of halogens is 1. The minimum atomic E-state index is -0.173. The van der Waals surface area contributed by atoms with Gasteiger partial charge in [-0.2, -0.15) is 0 Å². The van der Waals surface area contributed by atoms with Crippen LogP contribution in [0.5, 0.6) is 0 Å². The highest BCUT2D eigenvalue weighted by atomic mass is 19.1. The number of piperazine rings is 1. The summed E-state index contributed by atoms with van der Waals surface area (Å²) in [6, 6.07) is 22.0. The number of benzene rings is 3. The van der Waals surface area contributed by atoms with Crippen LogP contribution in [0.25, 0.3) is 10.8 Å². The van der Waals surface area contributed by atoms with Crippen LogP contribution in [0.4, 0.5) is 10.1 Å². The number of fused-ring (bicyclic) bond motifs is 1. The van der Waals surface area contributed by atoms with Crippen LogP contribution in [-0.2, 0) is 6.54 Å². The van der Waals surface area contributed by atoms with Crippen LogP contribution in [0.15, 0.2) is 66.7 Å². The van der Waals surface area contributed by atoms with E-state index in [-0.39, 0.29) is 5.82 Å². The quantitative estimate of drug-likeness (QED) is 0.710. The normalized spacial score (nSPS) is 15.8. The second-order valence-electron chi connectivity index (χ2n) is 6.42. The molecule has 1 heterocycles. The Balaban J connectivity index is 1.39. The molecule has 4 rings (SSSR count). The molecule has 0 bridgehead atoms. The molecular formula is C21H21FN2. The van der Waals surface area contributed by atoms with Crippen LogP contribution in [-0.4, -0.2) is 31.1 Å². The van der Waals surface area contributed by atoms with E-state index in [0.29, 0.717) is 0 Å². The van der Waals surface area contributed by atoms with E-state index >= 15 is 0 Å². The molecule has 0 unspecified atom stereocenters. The molecular weight excluding hydrogens is 299 g/mol. The van der Waals surface area contributed by atoms with E-state index in [2.05, 4.69) is 52.3 Å². The van der Waals surface area contributed by atoms with Crippen molar-refractivity contribution < 1.29 is 4.39 Å². The molecule has 1 aliphatic heterocycles. The van der Waals surface area contributed by atoms with Crippen LogP contribution in [0, 0.1) is 5.82 Å². The third kappa shape index (κ3) is 3.26. The standard InChI is InChI=1S/C21H21FN2/c22-20-7-9-21(10-8-20)24-13-11-23(12-14-24)16-17-5-6-18-3-1-2-4-19(18)15-17/h1-10,15H,11-14,16H2. The second kappa shape index (κ2) is 6.62. The maximum Gasteiger partial charge on any atom is 0.123 e. The highest BCUT2D eigenvalue weighted by molar-refractivity contribution is 5.82. The van der Waals surface area contributed by atoms with Crippen molar-refractivity contribution in [3.63, 3.8) is 0 Å². The number of hydrogen-bond acceptors (Lipinski definition) is 2. The Morgan fingerprint density at radius 2 is 1.46 bits per heavy atom. The van der Waals surface area contributed by atoms with Crippen LogP contribution in [0.2, 0.25) is 0 Å². The highest BCUT2D eigenvalue weighted by Crippen LogP contribution is 2.20. The number of rotatable bonds is 3. The lowest BCUT2D eigenvalue weighted by molar-refractivity contribution is 0.250. The van der Waals surface area contributed by atoms with Crippen molar-refractivity contribution in [3.8, 4) is 0 Å². The van der Waals surface area contributed by atoms with Gasteiger partial charge in [-0.3, -0.25) is 4.90 Å². The van der Waals surface area contributed by atoms with E-state index in [1.54, 1.807) is 0 Å². The van der Waals surface area contributed by atoms with Gasteiger partial charge in [-0.1, -0.05) is 36.4 Å². The minimum absolute atomic E-state index is 0.173. The molecule has 0 saturated carbocycles. The van der Waals surface area contributed by atoms with E-state index in [9.17, 15) is 4.39 Å². The van der Waals surface area contributed by atoms with Gasteiger partial charge >= 0.3 is 0 Å². The van der Waals surface area contributed by atoms with Crippen LogP contribution >= 0.6 is 0 Å². The summed E-state index contributed by atoms with van der Waals surface area (Å²) in [5.74, 6) is -0.173. The van der Waals surface area contributed by atoms with Crippen molar-refractivity contribution in [2.75, 3.05) is 31.1 Å². The Morgan fingerprint density at radius 3 is 2.21 bits per heavy atom. The number of anilines is 1. The molecule has 0 atom stereocenters. The Bertz CT molecular complexity index is 821. The summed E-state index contributed by atoms with van der Waals surface area (Å²) in [6.45, 7) is 5.02. The molecule has 0 radical (unpaired) electrons. The lowest BCUT2D eigenvalue weighted by Crippen LogP contribution is -2.45. The summed E-state index contributed by atoms with van der Waals surface area (Å²) >= 11 is 0. The lowest BCUT2D eigenvalue weighted by atomic mass is 10.1. The first-order valence-corrected chi connectivity index (χ1v) is 8.48. The zero-order valence-corrected chi connectivity index (χ0v) is 13.7. The molecule has 0 spiro atoms. The van der Waals surface area contributed by atoms with Gasteiger partial charge in [-0.25, -0.2) is 4.39 Å². The molecule has 1 aliphatic rings. The molecule has 0 aromatic heterocycles. The molecule has 1 fully saturated rings. The average molecular weight is 320 g/mol. The van der Waals surface area contributed by atoms with Gasteiger partial charge in [-0.05, 0) is 46.7 Å². The molecule has 3 aromatic rings. The van der Waals surface area contributed by atoms with Gasteiger partial charge in [-0.15, -0.1) is 0 Å². The van der Waals surface area contributed by atoms with Crippen molar-refractivity contribution in [1.29, 1.82) is 0 Å². The molecule has 3 heteroatoms. The number of hydrogen-bond donors (Lipinski definition) is 0. The topological polar surface area (TPSA) is 6.48 Å². The van der Waals surface area contributed by atoms with Gasteiger partial charge in [0, 0.05) is 38.4 Å². The summed E-state index contributed by atoms with van der Waals surface area (Å²) in [6.07, 6.45) is 0.